The van der Waals surface area contributed by atoms with Crippen molar-refractivity contribution in [2.75, 3.05) is 13.1 Å². The standard InChI is InChI=1S/C9H17NO/c11-9-4-2-1-3-8(9)7-10-6-5-9/h8,10-11H,1-7H2/p+1. The number of aliphatic hydroxyl groups is 1. The van der Waals surface area contributed by atoms with Crippen molar-refractivity contribution in [3.8, 4) is 0 Å². The van der Waals surface area contributed by atoms with Gasteiger partial charge in [0.1, 0.15) is 0 Å². The van der Waals surface area contributed by atoms with Crippen LogP contribution in [-0.4, -0.2) is 23.8 Å². The van der Waals surface area contributed by atoms with Gasteiger partial charge in [-0.05, 0) is 12.8 Å². The van der Waals surface area contributed by atoms with Crippen LogP contribution in [0.1, 0.15) is 32.1 Å². The molecule has 1 aliphatic heterocycles. The number of nitrogens with two attached hydrogens (primary N) is 1. The third kappa shape index (κ3) is 1.30. The Morgan fingerprint density at radius 3 is 3.00 bits per heavy atom. The Bertz CT molecular complexity index is 134. The summed E-state index contributed by atoms with van der Waals surface area (Å²) in [5, 5.41) is 12.5. The second-order valence-electron chi connectivity index (χ2n) is 4.11. The molecule has 0 spiro atoms. The van der Waals surface area contributed by atoms with E-state index in [0.717, 1.165) is 25.9 Å². The SMILES string of the molecule is OC12CCCCC1C[NH2+]CC2. The highest BCUT2D eigenvalue weighted by atomic mass is 16.3. The molecule has 0 bridgehead atoms. The lowest BCUT2D eigenvalue weighted by molar-refractivity contribution is -0.676. The lowest BCUT2D eigenvalue weighted by Crippen LogP contribution is -2.90. The number of fused-ring (bicyclic) bond motifs is 1. The molecule has 2 unspecified atom stereocenters. The van der Waals surface area contributed by atoms with Crippen molar-refractivity contribution >= 4 is 0 Å². The van der Waals surface area contributed by atoms with Crippen LogP contribution in [0.2, 0.25) is 0 Å². The van der Waals surface area contributed by atoms with E-state index in [2.05, 4.69) is 5.32 Å². The first-order chi connectivity index (χ1) is 5.31. The van der Waals surface area contributed by atoms with Crippen LogP contribution in [-0.2, 0) is 0 Å². The molecule has 2 aliphatic rings. The maximum atomic E-state index is 10.2. The summed E-state index contributed by atoms with van der Waals surface area (Å²) in [6.07, 6.45) is 5.92. The largest absolute Gasteiger partial charge is 0.389 e. The lowest BCUT2D eigenvalue weighted by atomic mass is 9.72. The zero-order valence-corrected chi connectivity index (χ0v) is 7.05. The summed E-state index contributed by atoms with van der Waals surface area (Å²) in [4.78, 5) is 0. The number of quaternary nitrogens is 1. The van der Waals surface area contributed by atoms with Gasteiger partial charge in [0.15, 0.2) is 0 Å². The minimum Gasteiger partial charge on any atom is -0.389 e. The van der Waals surface area contributed by atoms with Gasteiger partial charge in [-0.1, -0.05) is 12.8 Å². The first kappa shape index (κ1) is 7.56. The van der Waals surface area contributed by atoms with Crippen molar-refractivity contribution in [3.63, 3.8) is 0 Å². The Morgan fingerprint density at radius 1 is 1.27 bits per heavy atom. The van der Waals surface area contributed by atoms with Crippen LogP contribution in [0.4, 0.5) is 0 Å². The third-order valence-corrected chi connectivity index (χ3v) is 3.40. The topological polar surface area (TPSA) is 36.8 Å². The molecule has 1 saturated heterocycles. The molecule has 0 aromatic carbocycles. The Balaban J connectivity index is 2.06. The van der Waals surface area contributed by atoms with E-state index in [9.17, 15) is 5.11 Å². The van der Waals surface area contributed by atoms with Gasteiger partial charge in [0.2, 0.25) is 0 Å². The molecule has 1 heterocycles. The van der Waals surface area contributed by atoms with Gasteiger partial charge in [-0.2, -0.15) is 0 Å². The molecule has 0 amide bonds. The second kappa shape index (κ2) is 2.76. The highest BCUT2D eigenvalue weighted by Gasteiger charge is 2.42. The van der Waals surface area contributed by atoms with Crippen molar-refractivity contribution < 1.29 is 10.4 Å². The lowest BCUT2D eigenvalue weighted by Gasteiger charge is -2.41. The van der Waals surface area contributed by atoms with Crippen molar-refractivity contribution in [1.29, 1.82) is 0 Å². The molecule has 1 saturated carbocycles. The van der Waals surface area contributed by atoms with E-state index in [1.54, 1.807) is 0 Å². The molecule has 1 aliphatic carbocycles. The summed E-state index contributed by atoms with van der Waals surface area (Å²) in [7, 11) is 0. The fraction of sp³-hybridized carbons (Fsp3) is 1.00. The number of rotatable bonds is 0. The highest BCUT2D eigenvalue weighted by Crippen LogP contribution is 2.36. The molecule has 11 heavy (non-hydrogen) atoms. The Kier molecular flexibility index (Phi) is 1.90. The van der Waals surface area contributed by atoms with Gasteiger partial charge in [-0.3, -0.25) is 0 Å². The van der Waals surface area contributed by atoms with E-state index in [0.29, 0.717) is 5.92 Å². The van der Waals surface area contributed by atoms with Crippen molar-refractivity contribution in [2.24, 2.45) is 5.92 Å². The summed E-state index contributed by atoms with van der Waals surface area (Å²) in [5.41, 5.74) is -0.257. The molecule has 2 fully saturated rings. The fourth-order valence-corrected chi connectivity index (χ4v) is 2.63. The minimum atomic E-state index is -0.257. The third-order valence-electron chi connectivity index (χ3n) is 3.40. The summed E-state index contributed by atoms with van der Waals surface area (Å²) in [6.45, 7) is 2.30. The Labute approximate surface area is 68.0 Å². The summed E-state index contributed by atoms with van der Waals surface area (Å²) < 4.78 is 0. The average molecular weight is 156 g/mol. The number of piperidine rings is 1. The normalized spacial score (nSPS) is 45.0. The van der Waals surface area contributed by atoms with Crippen LogP contribution in [0, 0.1) is 5.92 Å². The van der Waals surface area contributed by atoms with E-state index in [1.807, 2.05) is 0 Å². The van der Waals surface area contributed by atoms with Gasteiger partial charge >= 0.3 is 0 Å². The Morgan fingerprint density at radius 2 is 2.18 bits per heavy atom. The quantitative estimate of drug-likeness (QED) is 0.504. The van der Waals surface area contributed by atoms with E-state index >= 15 is 0 Å². The van der Waals surface area contributed by atoms with Crippen LogP contribution in [0.15, 0.2) is 0 Å². The van der Waals surface area contributed by atoms with Crippen LogP contribution in [0.25, 0.3) is 0 Å². The molecular formula is C9H18NO+. The molecule has 64 valence electrons. The molecule has 0 aromatic heterocycles. The predicted octanol–water partition coefficient (Wildman–Crippen LogP) is -0.125. The van der Waals surface area contributed by atoms with Gasteiger partial charge in [0.05, 0.1) is 18.7 Å². The van der Waals surface area contributed by atoms with Crippen LogP contribution < -0.4 is 5.32 Å². The van der Waals surface area contributed by atoms with E-state index in [1.165, 1.54) is 19.3 Å². The van der Waals surface area contributed by atoms with Crippen LogP contribution in [0.5, 0.6) is 0 Å². The average Bonchev–Trinajstić information content (AvgIpc) is 2.03. The summed E-state index contributed by atoms with van der Waals surface area (Å²) in [6, 6.07) is 0. The van der Waals surface area contributed by atoms with Crippen LogP contribution >= 0.6 is 0 Å². The molecule has 0 aromatic rings. The van der Waals surface area contributed by atoms with Gasteiger partial charge in [-0.15, -0.1) is 0 Å². The van der Waals surface area contributed by atoms with Gasteiger partial charge in [-0.25, -0.2) is 0 Å². The first-order valence-electron chi connectivity index (χ1n) is 4.85. The number of hydrogen-bond donors (Lipinski definition) is 2. The molecule has 2 nitrogen and oxygen atoms in total. The van der Waals surface area contributed by atoms with Crippen molar-refractivity contribution in [3.05, 3.63) is 0 Å². The summed E-state index contributed by atoms with van der Waals surface area (Å²) in [5.74, 6) is 0.602. The van der Waals surface area contributed by atoms with E-state index < -0.39 is 0 Å². The molecule has 2 rings (SSSR count). The highest BCUT2D eigenvalue weighted by molar-refractivity contribution is 4.90. The fourth-order valence-electron chi connectivity index (χ4n) is 2.63. The monoisotopic (exact) mass is 156 g/mol. The molecular weight excluding hydrogens is 138 g/mol. The molecule has 2 atom stereocenters. The zero-order valence-electron chi connectivity index (χ0n) is 7.05. The molecule has 3 N–H and O–H groups in total. The maximum absolute atomic E-state index is 10.2. The van der Waals surface area contributed by atoms with Gasteiger partial charge in [0.25, 0.3) is 0 Å². The maximum Gasteiger partial charge on any atom is 0.0811 e. The number of hydrogen-bond acceptors (Lipinski definition) is 1. The van der Waals surface area contributed by atoms with Crippen LogP contribution in [0.3, 0.4) is 0 Å². The summed E-state index contributed by atoms with van der Waals surface area (Å²) >= 11 is 0. The minimum absolute atomic E-state index is 0.257. The van der Waals surface area contributed by atoms with Gasteiger partial charge in [0, 0.05) is 12.3 Å². The molecule has 0 radical (unpaired) electrons. The van der Waals surface area contributed by atoms with E-state index in [4.69, 9.17) is 0 Å². The van der Waals surface area contributed by atoms with Crippen molar-refractivity contribution in [1.82, 2.24) is 0 Å². The Hall–Kier alpha value is -0.0800. The van der Waals surface area contributed by atoms with E-state index in [-0.39, 0.29) is 5.60 Å². The first-order valence-corrected chi connectivity index (χ1v) is 4.85. The van der Waals surface area contributed by atoms with Crippen molar-refractivity contribution in [2.45, 2.75) is 37.7 Å². The zero-order chi connectivity index (χ0) is 7.73. The molecule has 2 heteroatoms. The second-order valence-corrected chi connectivity index (χ2v) is 4.11. The smallest absolute Gasteiger partial charge is 0.0811 e. The predicted molar refractivity (Wildman–Crippen MR) is 43.2 cm³/mol. The van der Waals surface area contributed by atoms with Gasteiger partial charge < -0.3 is 10.4 Å².